The molecule has 1 aliphatic heterocycles. The fourth-order valence-corrected chi connectivity index (χ4v) is 0.797. The lowest BCUT2D eigenvalue weighted by molar-refractivity contribution is -0.288. The van der Waals surface area contributed by atoms with Gasteiger partial charge in [-0.3, -0.25) is 0 Å². The zero-order chi connectivity index (χ0) is 8.59. The van der Waals surface area contributed by atoms with Crippen LogP contribution in [0.1, 0.15) is 0 Å². The van der Waals surface area contributed by atoms with Crippen molar-refractivity contribution in [1.82, 2.24) is 0 Å². The molecule has 1 rings (SSSR count). The number of hydrogen-bond donors (Lipinski definition) is 3. The maximum atomic E-state index is 12.3. The Morgan fingerprint density at radius 3 is 1.55 bits per heavy atom. The molecule has 0 aliphatic carbocycles. The van der Waals surface area contributed by atoms with Crippen LogP contribution in [0.3, 0.4) is 0 Å². The van der Waals surface area contributed by atoms with Crippen molar-refractivity contribution in [2.24, 2.45) is 0 Å². The van der Waals surface area contributed by atoms with Gasteiger partial charge in [-0.15, -0.1) is 0 Å². The highest BCUT2D eigenvalue weighted by Crippen LogP contribution is 2.22. The SMILES string of the molecule is OC1[C@@H](O)[C@@H](F)O[C@H](F)[C@H]1O. The van der Waals surface area contributed by atoms with Crippen LogP contribution in [-0.2, 0) is 4.74 Å². The molecule has 0 radical (unpaired) electrons. The number of alkyl halides is 2. The van der Waals surface area contributed by atoms with Crippen molar-refractivity contribution in [3.8, 4) is 0 Å². The van der Waals surface area contributed by atoms with Gasteiger partial charge in [-0.05, 0) is 0 Å². The molecule has 0 aromatic rings. The molecule has 5 atom stereocenters. The van der Waals surface area contributed by atoms with E-state index in [2.05, 4.69) is 4.74 Å². The molecule has 66 valence electrons. The summed E-state index contributed by atoms with van der Waals surface area (Å²) in [5.41, 5.74) is 0. The minimum Gasteiger partial charge on any atom is -0.387 e. The van der Waals surface area contributed by atoms with Crippen molar-refractivity contribution in [1.29, 1.82) is 0 Å². The first-order chi connectivity index (χ1) is 5.04. The topological polar surface area (TPSA) is 69.9 Å². The molecule has 0 spiro atoms. The van der Waals surface area contributed by atoms with Gasteiger partial charge in [0.05, 0.1) is 0 Å². The molecular formula is C5H8F2O4. The average Bonchev–Trinajstić information content (AvgIpc) is 1.97. The van der Waals surface area contributed by atoms with Gasteiger partial charge in [-0.1, -0.05) is 0 Å². The Bertz CT molecular complexity index is 130. The van der Waals surface area contributed by atoms with Gasteiger partial charge in [-0.2, -0.15) is 0 Å². The number of ether oxygens (including phenoxy) is 1. The van der Waals surface area contributed by atoms with Crippen LogP contribution in [0.5, 0.6) is 0 Å². The second-order valence-corrected chi connectivity index (χ2v) is 2.31. The van der Waals surface area contributed by atoms with Gasteiger partial charge in [0.1, 0.15) is 18.3 Å². The Kier molecular flexibility index (Phi) is 2.38. The standard InChI is InChI=1S/C5H8F2O4/c6-4-2(9)1(8)3(10)5(7)11-4/h1-5,8-10H/t1?,2-,3+,4-,5-/m0/s1. The van der Waals surface area contributed by atoms with Crippen LogP contribution < -0.4 is 0 Å². The normalized spacial score (nSPS) is 52.6. The van der Waals surface area contributed by atoms with Crippen molar-refractivity contribution in [2.45, 2.75) is 31.0 Å². The van der Waals surface area contributed by atoms with E-state index in [0.29, 0.717) is 0 Å². The second-order valence-electron chi connectivity index (χ2n) is 2.31. The van der Waals surface area contributed by atoms with E-state index in [1.807, 2.05) is 0 Å². The number of rotatable bonds is 0. The highest BCUT2D eigenvalue weighted by atomic mass is 19.2. The molecule has 4 nitrogen and oxygen atoms in total. The van der Waals surface area contributed by atoms with Crippen LogP contribution in [-0.4, -0.2) is 46.3 Å². The monoisotopic (exact) mass is 170 g/mol. The lowest BCUT2D eigenvalue weighted by Crippen LogP contribution is -2.54. The lowest BCUT2D eigenvalue weighted by atomic mass is 10.1. The van der Waals surface area contributed by atoms with Crippen molar-refractivity contribution in [3.05, 3.63) is 0 Å². The third kappa shape index (κ3) is 1.48. The largest absolute Gasteiger partial charge is 0.387 e. The summed E-state index contributed by atoms with van der Waals surface area (Å²) >= 11 is 0. The molecule has 0 bridgehead atoms. The lowest BCUT2D eigenvalue weighted by Gasteiger charge is -2.33. The Balaban J connectivity index is 2.63. The van der Waals surface area contributed by atoms with E-state index in [0.717, 1.165) is 0 Å². The molecule has 0 aromatic heterocycles. The predicted octanol–water partition coefficient (Wildman–Crippen LogP) is -1.31. The third-order valence-corrected chi connectivity index (χ3v) is 1.50. The Morgan fingerprint density at radius 1 is 0.818 bits per heavy atom. The number of hydrogen-bond acceptors (Lipinski definition) is 4. The molecule has 0 aromatic carbocycles. The molecular weight excluding hydrogens is 162 g/mol. The van der Waals surface area contributed by atoms with Crippen molar-refractivity contribution >= 4 is 0 Å². The third-order valence-electron chi connectivity index (χ3n) is 1.50. The summed E-state index contributed by atoms with van der Waals surface area (Å²) in [6.45, 7) is 0. The van der Waals surface area contributed by atoms with E-state index in [1.54, 1.807) is 0 Å². The number of aliphatic hydroxyl groups excluding tert-OH is 3. The van der Waals surface area contributed by atoms with Crippen LogP contribution in [0.4, 0.5) is 8.78 Å². The summed E-state index contributed by atoms with van der Waals surface area (Å²) in [6.07, 6.45) is -10.2. The van der Waals surface area contributed by atoms with Gasteiger partial charge in [0.15, 0.2) is 0 Å². The van der Waals surface area contributed by atoms with Crippen LogP contribution in [0.25, 0.3) is 0 Å². The summed E-state index contributed by atoms with van der Waals surface area (Å²) in [6, 6.07) is 0. The maximum Gasteiger partial charge on any atom is 0.230 e. The van der Waals surface area contributed by atoms with Crippen molar-refractivity contribution in [3.63, 3.8) is 0 Å². The van der Waals surface area contributed by atoms with Crippen molar-refractivity contribution in [2.75, 3.05) is 0 Å². The Morgan fingerprint density at radius 2 is 1.18 bits per heavy atom. The van der Waals surface area contributed by atoms with Crippen molar-refractivity contribution < 1.29 is 28.8 Å². The first-order valence-electron chi connectivity index (χ1n) is 3.02. The van der Waals surface area contributed by atoms with E-state index < -0.39 is 31.0 Å². The molecule has 1 heterocycles. The molecule has 1 saturated heterocycles. The molecule has 1 fully saturated rings. The maximum absolute atomic E-state index is 12.3. The first kappa shape index (κ1) is 8.79. The summed E-state index contributed by atoms with van der Waals surface area (Å²) in [4.78, 5) is 0. The zero-order valence-electron chi connectivity index (χ0n) is 5.39. The van der Waals surface area contributed by atoms with Gasteiger partial charge in [0.2, 0.25) is 12.7 Å². The quantitative estimate of drug-likeness (QED) is 0.422. The molecule has 6 heteroatoms. The van der Waals surface area contributed by atoms with Gasteiger partial charge < -0.3 is 20.1 Å². The highest BCUT2D eigenvalue weighted by molar-refractivity contribution is 4.84. The number of aliphatic hydroxyl groups is 3. The van der Waals surface area contributed by atoms with Crippen LogP contribution in [0.15, 0.2) is 0 Å². The van der Waals surface area contributed by atoms with E-state index in [-0.39, 0.29) is 0 Å². The summed E-state index contributed by atoms with van der Waals surface area (Å²) in [5.74, 6) is 0. The van der Waals surface area contributed by atoms with Gasteiger partial charge in [0, 0.05) is 0 Å². The zero-order valence-corrected chi connectivity index (χ0v) is 5.39. The molecule has 1 unspecified atom stereocenters. The first-order valence-corrected chi connectivity index (χ1v) is 3.02. The minimum atomic E-state index is -2.29. The smallest absolute Gasteiger partial charge is 0.230 e. The molecule has 0 saturated carbocycles. The highest BCUT2D eigenvalue weighted by Gasteiger charge is 2.44. The van der Waals surface area contributed by atoms with E-state index in [4.69, 9.17) is 15.3 Å². The number of halogens is 2. The molecule has 0 amide bonds. The average molecular weight is 170 g/mol. The van der Waals surface area contributed by atoms with E-state index in [1.165, 1.54) is 0 Å². The summed E-state index contributed by atoms with van der Waals surface area (Å²) in [5, 5.41) is 26.0. The summed E-state index contributed by atoms with van der Waals surface area (Å²) < 4.78 is 28.3. The van der Waals surface area contributed by atoms with E-state index >= 15 is 0 Å². The Labute approximate surface area is 61.0 Å². The van der Waals surface area contributed by atoms with Gasteiger partial charge in [-0.25, -0.2) is 8.78 Å². The predicted molar refractivity (Wildman–Crippen MR) is 28.9 cm³/mol. The van der Waals surface area contributed by atoms with Crippen LogP contribution in [0.2, 0.25) is 0 Å². The van der Waals surface area contributed by atoms with Crippen LogP contribution in [0, 0.1) is 0 Å². The fourth-order valence-electron chi connectivity index (χ4n) is 0.797. The second kappa shape index (κ2) is 2.98. The molecule has 3 N–H and O–H groups in total. The van der Waals surface area contributed by atoms with E-state index in [9.17, 15) is 8.78 Å². The van der Waals surface area contributed by atoms with Gasteiger partial charge >= 0.3 is 0 Å². The van der Waals surface area contributed by atoms with Gasteiger partial charge in [0.25, 0.3) is 0 Å². The molecule has 11 heavy (non-hydrogen) atoms. The molecule has 1 aliphatic rings. The van der Waals surface area contributed by atoms with Crippen LogP contribution >= 0.6 is 0 Å². The Hall–Kier alpha value is -0.300. The summed E-state index contributed by atoms with van der Waals surface area (Å²) in [7, 11) is 0. The minimum absolute atomic E-state index is 1.84. The fraction of sp³-hybridized carbons (Fsp3) is 1.00.